The molecule has 4 atom stereocenters. The minimum Gasteiger partial charge on any atom is -0.468 e. The average molecular weight is 425 g/mol. The van der Waals surface area contributed by atoms with Gasteiger partial charge in [-0.15, -0.1) is 0 Å². The van der Waals surface area contributed by atoms with Crippen molar-refractivity contribution in [2.75, 3.05) is 19.6 Å². The summed E-state index contributed by atoms with van der Waals surface area (Å²) in [4.78, 5) is 41.0. The Hall–Kier alpha value is -2.87. The zero-order valence-electron chi connectivity index (χ0n) is 17.5. The molecule has 2 aromatic rings. The molecule has 2 saturated heterocycles. The largest absolute Gasteiger partial charge is 0.468 e. The van der Waals surface area contributed by atoms with Crippen molar-refractivity contribution >= 4 is 11.8 Å². The molecule has 3 aliphatic rings. The summed E-state index contributed by atoms with van der Waals surface area (Å²) in [5, 5.41) is 5.83. The highest BCUT2D eigenvalue weighted by atomic mass is 16.3. The molecule has 0 saturated carbocycles. The summed E-state index contributed by atoms with van der Waals surface area (Å²) < 4.78 is 7.20. The Bertz CT molecular complexity index is 1010. The number of rotatable bonds is 4. The number of carbonyl (C=O) groups excluding carboxylic acids is 2. The van der Waals surface area contributed by atoms with Gasteiger partial charge in [-0.1, -0.05) is 6.07 Å². The van der Waals surface area contributed by atoms with Crippen LogP contribution >= 0.6 is 0 Å². The van der Waals surface area contributed by atoms with Gasteiger partial charge >= 0.3 is 0 Å². The number of amides is 2. The van der Waals surface area contributed by atoms with Crippen LogP contribution in [0.1, 0.15) is 49.1 Å². The molecular weight excluding hydrogens is 396 g/mol. The molecule has 2 aromatic heterocycles. The van der Waals surface area contributed by atoms with E-state index in [4.69, 9.17) is 4.42 Å². The fourth-order valence-corrected chi connectivity index (χ4v) is 5.45. The first-order valence-corrected chi connectivity index (χ1v) is 11.1. The number of aromatic nitrogens is 1. The van der Waals surface area contributed by atoms with E-state index in [-0.39, 0.29) is 29.2 Å². The predicted molar refractivity (Wildman–Crippen MR) is 113 cm³/mol. The Morgan fingerprint density at radius 3 is 2.90 bits per heavy atom. The lowest BCUT2D eigenvalue weighted by Gasteiger charge is -2.46. The summed E-state index contributed by atoms with van der Waals surface area (Å²) in [6.07, 6.45) is 4.94. The fourth-order valence-electron chi connectivity index (χ4n) is 5.45. The smallest absolute Gasteiger partial charge is 0.251 e. The number of piperidine rings is 1. The van der Waals surface area contributed by atoms with Gasteiger partial charge in [-0.05, 0) is 43.9 Å². The molecule has 0 aromatic carbocycles. The minimum absolute atomic E-state index is 0.00449. The van der Waals surface area contributed by atoms with E-state index in [1.807, 2.05) is 18.2 Å². The molecule has 0 radical (unpaired) electrons. The molecule has 5 heterocycles. The monoisotopic (exact) mass is 424 g/mol. The highest BCUT2D eigenvalue weighted by molar-refractivity contribution is 5.89. The van der Waals surface area contributed by atoms with Crippen LogP contribution in [0.2, 0.25) is 0 Å². The van der Waals surface area contributed by atoms with E-state index in [0.29, 0.717) is 26.1 Å². The average Bonchev–Trinajstić information content (AvgIpc) is 3.18. The second kappa shape index (κ2) is 8.34. The van der Waals surface area contributed by atoms with Crippen molar-refractivity contribution in [1.29, 1.82) is 0 Å². The van der Waals surface area contributed by atoms with Crippen molar-refractivity contribution in [2.45, 2.75) is 50.2 Å². The lowest BCUT2D eigenvalue weighted by atomic mass is 9.78. The van der Waals surface area contributed by atoms with Crippen LogP contribution in [0.3, 0.4) is 0 Å². The molecule has 8 heteroatoms. The van der Waals surface area contributed by atoms with Gasteiger partial charge in [0.1, 0.15) is 17.8 Å². The topological polar surface area (TPSA) is 96.6 Å². The Balaban J connectivity index is 1.44. The maximum atomic E-state index is 13.5. The molecule has 2 bridgehead atoms. The zero-order valence-corrected chi connectivity index (χ0v) is 17.5. The maximum absolute atomic E-state index is 13.5. The van der Waals surface area contributed by atoms with Crippen LogP contribution in [0, 0.1) is 5.92 Å². The summed E-state index contributed by atoms with van der Waals surface area (Å²) in [6.45, 7) is 2.84. The quantitative estimate of drug-likeness (QED) is 0.773. The van der Waals surface area contributed by atoms with Crippen molar-refractivity contribution in [2.24, 2.45) is 5.92 Å². The third-order valence-corrected chi connectivity index (χ3v) is 6.80. The summed E-state index contributed by atoms with van der Waals surface area (Å²) in [7, 11) is 0. The van der Waals surface area contributed by atoms with Crippen molar-refractivity contribution in [3.8, 4) is 0 Å². The van der Waals surface area contributed by atoms with Gasteiger partial charge < -0.3 is 15.1 Å². The van der Waals surface area contributed by atoms with E-state index in [1.54, 1.807) is 16.9 Å². The van der Waals surface area contributed by atoms with E-state index >= 15 is 0 Å². The first-order valence-electron chi connectivity index (χ1n) is 11.1. The van der Waals surface area contributed by atoms with Crippen LogP contribution in [0.4, 0.5) is 0 Å². The van der Waals surface area contributed by atoms with Crippen LogP contribution < -0.4 is 16.2 Å². The number of nitrogens with zero attached hydrogens (tertiary/aromatic N) is 2. The van der Waals surface area contributed by atoms with E-state index in [9.17, 15) is 14.4 Å². The molecule has 2 N–H and O–H groups in total. The van der Waals surface area contributed by atoms with Gasteiger partial charge in [0, 0.05) is 43.2 Å². The maximum Gasteiger partial charge on any atom is 0.251 e. The van der Waals surface area contributed by atoms with Crippen molar-refractivity contribution in [3.05, 3.63) is 58.4 Å². The molecule has 3 aliphatic heterocycles. The predicted octanol–water partition coefficient (Wildman–Crippen LogP) is 1.39. The highest BCUT2D eigenvalue weighted by Crippen LogP contribution is 2.41. The summed E-state index contributed by atoms with van der Waals surface area (Å²) in [5.74, 6) is 0.702. The van der Waals surface area contributed by atoms with Gasteiger partial charge in [0.25, 0.3) is 5.56 Å². The number of likely N-dealkylation sites (tertiary alicyclic amines) is 1. The third-order valence-electron chi connectivity index (χ3n) is 6.80. The van der Waals surface area contributed by atoms with Crippen molar-refractivity contribution in [1.82, 2.24) is 20.1 Å². The lowest BCUT2D eigenvalue weighted by molar-refractivity contribution is -0.132. The van der Waals surface area contributed by atoms with E-state index < -0.39 is 12.1 Å². The summed E-state index contributed by atoms with van der Waals surface area (Å²) in [5.41, 5.74) is 0.746. The number of hydrogen-bond acceptors (Lipinski definition) is 5. The Morgan fingerprint density at radius 1 is 1.16 bits per heavy atom. The minimum atomic E-state index is -0.615. The second-order valence-corrected chi connectivity index (χ2v) is 8.92. The first-order chi connectivity index (χ1) is 15.1. The van der Waals surface area contributed by atoms with Gasteiger partial charge in [0.2, 0.25) is 11.8 Å². The number of carbonyl (C=O) groups is 2. The molecule has 0 spiro atoms. The van der Waals surface area contributed by atoms with Gasteiger partial charge in [-0.3, -0.25) is 23.9 Å². The Morgan fingerprint density at radius 2 is 2.06 bits per heavy atom. The number of nitrogens with one attached hydrogen (secondary N) is 2. The van der Waals surface area contributed by atoms with Crippen LogP contribution in [0.15, 0.2) is 45.8 Å². The third kappa shape index (κ3) is 3.92. The van der Waals surface area contributed by atoms with Crippen molar-refractivity contribution < 1.29 is 14.0 Å². The molecule has 0 aliphatic carbocycles. The lowest BCUT2D eigenvalue weighted by Crippen LogP contribution is -2.55. The normalized spacial score (nSPS) is 28.3. The summed E-state index contributed by atoms with van der Waals surface area (Å²) in [6, 6.07) is 7.92. The molecule has 2 amide bonds. The number of hydrogen-bond donors (Lipinski definition) is 2. The van der Waals surface area contributed by atoms with Gasteiger partial charge in [-0.2, -0.15) is 0 Å². The SMILES string of the molecule is O=C1NCCCC[C@@H]1NC(=O)[C@H]1[C@H]2C[C@H](CN(Cc3ccco3)C2)c2cccc(=O)n21. The fraction of sp³-hybridized carbons (Fsp3) is 0.522. The second-order valence-electron chi connectivity index (χ2n) is 8.92. The van der Waals surface area contributed by atoms with Crippen LogP contribution in [0.25, 0.3) is 0 Å². The van der Waals surface area contributed by atoms with Gasteiger partial charge in [0.15, 0.2) is 0 Å². The molecule has 0 unspecified atom stereocenters. The molecule has 31 heavy (non-hydrogen) atoms. The summed E-state index contributed by atoms with van der Waals surface area (Å²) >= 11 is 0. The van der Waals surface area contributed by atoms with Crippen LogP contribution in [-0.4, -0.2) is 47.0 Å². The van der Waals surface area contributed by atoms with E-state index in [2.05, 4.69) is 15.5 Å². The molecular formula is C23H28N4O4. The Kier molecular flexibility index (Phi) is 5.40. The van der Waals surface area contributed by atoms with Crippen LogP contribution in [0.5, 0.6) is 0 Å². The van der Waals surface area contributed by atoms with Gasteiger partial charge in [0.05, 0.1) is 12.8 Å². The van der Waals surface area contributed by atoms with Gasteiger partial charge in [-0.25, -0.2) is 0 Å². The number of fused-ring (bicyclic) bond motifs is 4. The van der Waals surface area contributed by atoms with Crippen LogP contribution in [-0.2, 0) is 16.1 Å². The highest BCUT2D eigenvalue weighted by Gasteiger charge is 2.44. The Labute approximate surface area is 180 Å². The standard InChI is InChI=1S/C23H28N4O4/c28-20-8-3-7-19-15-11-16(13-26(12-15)14-17-5-4-10-31-17)21(27(19)20)23(30)25-18-6-1-2-9-24-22(18)29/h3-5,7-8,10,15-16,18,21H,1-2,6,9,11-14H2,(H,24,29)(H,25,30)/t15-,16+,18+,21-/m1/s1. The van der Waals surface area contributed by atoms with E-state index in [0.717, 1.165) is 37.3 Å². The zero-order chi connectivity index (χ0) is 21.4. The number of furan rings is 1. The first kappa shape index (κ1) is 20.1. The van der Waals surface area contributed by atoms with E-state index in [1.165, 1.54) is 6.07 Å². The number of pyridine rings is 1. The molecule has 8 nitrogen and oxygen atoms in total. The molecule has 5 rings (SSSR count). The molecule has 2 fully saturated rings. The van der Waals surface area contributed by atoms with Crippen molar-refractivity contribution in [3.63, 3.8) is 0 Å². The molecule has 164 valence electrons.